The molecule has 7 heteroatoms. The second-order valence-corrected chi connectivity index (χ2v) is 6.93. The van der Waals surface area contributed by atoms with Crippen molar-refractivity contribution in [1.82, 2.24) is 20.2 Å². The number of carbonyl (C=O) groups excluding carboxylic acids is 1. The number of fused-ring (bicyclic) bond motifs is 1. The van der Waals surface area contributed by atoms with Crippen molar-refractivity contribution in [3.63, 3.8) is 0 Å². The van der Waals surface area contributed by atoms with E-state index < -0.39 is 0 Å². The molecule has 0 saturated carbocycles. The van der Waals surface area contributed by atoms with Crippen LogP contribution >= 0.6 is 0 Å². The minimum Gasteiger partial charge on any atom is -0.461 e. The third-order valence-electron chi connectivity index (χ3n) is 5.16. The lowest BCUT2D eigenvalue weighted by molar-refractivity contribution is -0.127. The SMILES string of the molecule is CCN1C[C@H](CNc2nc(-c3ccco3)nc3c2CCNCC3)CC1=O. The molecular weight excluding hydrogens is 330 g/mol. The topological polar surface area (TPSA) is 83.3 Å². The van der Waals surface area contributed by atoms with Gasteiger partial charge in [0.2, 0.25) is 5.91 Å². The number of nitrogens with zero attached hydrogens (tertiary/aromatic N) is 3. The van der Waals surface area contributed by atoms with Gasteiger partial charge < -0.3 is 20.0 Å². The van der Waals surface area contributed by atoms with Crippen molar-refractivity contribution in [3.05, 3.63) is 29.7 Å². The highest BCUT2D eigenvalue weighted by Crippen LogP contribution is 2.26. The van der Waals surface area contributed by atoms with Crippen molar-refractivity contribution in [2.75, 3.05) is 38.0 Å². The summed E-state index contributed by atoms with van der Waals surface area (Å²) in [6.45, 7) is 6.23. The van der Waals surface area contributed by atoms with E-state index in [2.05, 4.69) is 10.6 Å². The number of furan rings is 1. The molecule has 2 aromatic rings. The number of hydrogen-bond acceptors (Lipinski definition) is 6. The predicted octanol–water partition coefficient (Wildman–Crippen LogP) is 1.71. The number of nitrogens with one attached hydrogen (secondary N) is 2. The smallest absolute Gasteiger partial charge is 0.222 e. The highest BCUT2D eigenvalue weighted by molar-refractivity contribution is 5.78. The summed E-state index contributed by atoms with van der Waals surface area (Å²) in [4.78, 5) is 23.4. The number of aromatic nitrogens is 2. The highest BCUT2D eigenvalue weighted by atomic mass is 16.3. The second-order valence-electron chi connectivity index (χ2n) is 6.93. The Hall–Kier alpha value is -2.41. The van der Waals surface area contributed by atoms with E-state index in [1.165, 1.54) is 5.56 Å². The molecule has 0 radical (unpaired) electrons. The van der Waals surface area contributed by atoms with Crippen molar-refractivity contribution < 1.29 is 9.21 Å². The van der Waals surface area contributed by atoms with Gasteiger partial charge in [-0.1, -0.05) is 0 Å². The van der Waals surface area contributed by atoms with Crippen LogP contribution in [0.4, 0.5) is 5.82 Å². The first-order chi connectivity index (χ1) is 12.7. The molecule has 2 aliphatic rings. The lowest BCUT2D eigenvalue weighted by Crippen LogP contribution is -2.25. The first-order valence-electron chi connectivity index (χ1n) is 9.40. The van der Waals surface area contributed by atoms with Crippen LogP contribution in [-0.2, 0) is 17.6 Å². The number of hydrogen-bond donors (Lipinski definition) is 2. The molecule has 0 bridgehead atoms. The van der Waals surface area contributed by atoms with E-state index in [1.807, 2.05) is 24.0 Å². The van der Waals surface area contributed by atoms with Crippen molar-refractivity contribution in [2.45, 2.75) is 26.2 Å². The Labute approximate surface area is 153 Å². The molecule has 0 unspecified atom stereocenters. The van der Waals surface area contributed by atoms with Gasteiger partial charge in [-0.2, -0.15) is 0 Å². The number of anilines is 1. The van der Waals surface area contributed by atoms with Gasteiger partial charge >= 0.3 is 0 Å². The van der Waals surface area contributed by atoms with E-state index in [-0.39, 0.29) is 5.91 Å². The van der Waals surface area contributed by atoms with Crippen molar-refractivity contribution in [2.24, 2.45) is 5.92 Å². The molecule has 0 aliphatic carbocycles. The van der Waals surface area contributed by atoms with Crippen LogP contribution in [0, 0.1) is 5.92 Å². The largest absolute Gasteiger partial charge is 0.461 e. The zero-order valence-electron chi connectivity index (χ0n) is 15.1. The molecule has 7 nitrogen and oxygen atoms in total. The molecule has 1 atom stereocenters. The van der Waals surface area contributed by atoms with Gasteiger partial charge in [-0.05, 0) is 32.0 Å². The van der Waals surface area contributed by atoms with Crippen LogP contribution in [-0.4, -0.2) is 53.5 Å². The Morgan fingerprint density at radius 1 is 1.35 bits per heavy atom. The van der Waals surface area contributed by atoms with Gasteiger partial charge in [0.15, 0.2) is 11.6 Å². The van der Waals surface area contributed by atoms with Crippen molar-refractivity contribution in [1.29, 1.82) is 0 Å². The lowest BCUT2D eigenvalue weighted by Gasteiger charge is -2.17. The van der Waals surface area contributed by atoms with Crippen LogP contribution < -0.4 is 10.6 Å². The van der Waals surface area contributed by atoms with Crippen molar-refractivity contribution in [3.8, 4) is 11.6 Å². The standard InChI is InChI=1S/C19H25N5O2/c1-2-24-12-13(10-17(24)25)11-21-18-14-5-7-20-8-6-15(14)22-19(23-18)16-4-3-9-26-16/h3-4,9,13,20H,2,5-8,10-12H2,1H3,(H,21,22,23)/t13-/m0/s1. The first-order valence-corrected chi connectivity index (χ1v) is 9.40. The van der Waals surface area contributed by atoms with Gasteiger partial charge in [-0.3, -0.25) is 4.79 Å². The summed E-state index contributed by atoms with van der Waals surface area (Å²) in [7, 11) is 0. The van der Waals surface area contributed by atoms with Gasteiger partial charge in [0, 0.05) is 50.5 Å². The highest BCUT2D eigenvalue weighted by Gasteiger charge is 2.28. The molecule has 1 saturated heterocycles. The molecule has 1 amide bonds. The van der Waals surface area contributed by atoms with E-state index in [0.29, 0.717) is 23.9 Å². The quantitative estimate of drug-likeness (QED) is 0.849. The molecule has 4 rings (SSSR count). The van der Waals surface area contributed by atoms with Crippen molar-refractivity contribution >= 4 is 11.7 Å². The minimum absolute atomic E-state index is 0.251. The third-order valence-corrected chi connectivity index (χ3v) is 5.16. The molecule has 138 valence electrons. The van der Waals surface area contributed by atoms with Gasteiger partial charge in [0.25, 0.3) is 0 Å². The van der Waals surface area contributed by atoms with Crippen LogP contribution in [0.1, 0.15) is 24.6 Å². The minimum atomic E-state index is 0.251. The monoisotopic (exact) mass is 355 g/mol. The maximum absolute atomic E-state index is 12.0. The number of likely N-dealkylation sites (tertiary alicyclic amines) is 1. The Balaban J connectivity index is 1.58. The maximum Gasteiger partial charge on any atom is 0.222 e. The maximum atomic E-state index is 12.0. The number of rotatable bonds is 5. The van der Waals surface area contributed by atoms with Crippen LogP contribution in [0.5, 0.6) is 0 Å². The summed E-state index contributed by atoms with van der Waals surface area (Å²) in [5.41, 5.74) is 2.26. The average Bonchev–Trinajstić information content (AvgIpc) is 3.24. The van der Waals surface area contributed by atoms with Gasteiger partial charge in [-0.25, -0.2) is 9.97 Å². The Morgan fingerprint density at radius 2 is 2.23 bits per heavy atom. The molecular formula is C19H25N5O2. The lowest BCUT2D eigenvalue weighted by atomic mass is 10.1. The van der Waals surface area contributed by atoms with E-state index in [9.17, 15) is 4.79 Å². The Morgan fingerprint density at radius 3 is 3.00 bits per heavy atom. The molecule has 0 aromatic carbocycles. The first kappa shape index (κ1) is 17.0. The summed E-state index contributed by atoms with van der Waals surface area (Å²) in [6, 6.07) is 3.73. The molecule has 2 aliphatic heterocycles. The van der Waals surface area contributed by atoms with Gasteiger partial charge in [0.05, 0.1) is 12.0 Å². The summed E-state index contributed by atoms with van der Waals surface area (Å²) >= 11 is 0. The fraction of sp³-hybridized carbons (Fsp3) is 0.526. The average molecular weight is 355 g/mol. The summed E-state index contributed by atoms with van der Waals surface area (Å²) in [6.07, 6.45) is 4.04. The summed E-state index contributed by atoms with van der Waals surface area (Å²) < 4.78 is 5.50. The van der Waals surface area contributed by atoms with Gasteiger partial charge in [0.1, 0.15) is 5.82 Å². The summed E-state index contributed by atoms with van der Waals surface area (Å²) in [5, 5.41) is 6.93. The molecule has 26 heavy (non-hydrogen) atoms. The second kappa shape index (κ2) is 7.45. The van der Waals surface area contributed by atoms with Crippen LogP contribution in [0.3, 0.4) is 0 Å². The molecule has 2 N–H and O–H groups in total. The predicted molar refractivity (Wildman–Crippen MR) is 98.9 cm³/mol. The molecule has 0 spiro atoms. The number of amides is 1. The normalized spacial score (nSPS) is 20.1. The van der Waals surface area contributed by atoms with Crippen LogP contribution in [0.25, 0.3) is 11.6 Å². The van der Waals surface area contributed by atoms with E-state index in [1.54, 1.807) is 6.26 Å². The number of carbonyl (C=O) groups is 1. The van der Waals surface area contributed by atoms with E-state index in [0.717, 1.165) is 57.1 Å². The van der Waals surface area contributed by atoms with E-state index >= 15 is 0 Å². The zero-order valence-corrected chi connectivity index (χ0v) is 15.1. The summed E-state index contributed by atoms with van der Waals surface area (Å²) in [5.74, 6) is 2.76. The molecule has 4 heterocycles. The Bertz CT molecular complexity index is 774. The molecule has 1 fully saturated rings. The van der Waals surface area contributed by atoms with Crippen LogP contribution in [0.15, 0.2) is 22.8 Å². The van der Waals surface area contributed by atoms with E-state index in [4.69, 9.17) is 14.4 Å². The zero-order chi connectivity index (χ0) is 17.9. The van der Waals surface area contributed by atoms with Gasteiger partial charge in [-0.15, -0.1) is 0 Å². The Kier molecular flexibility index (Phi) is 4.88. The fourth-order valence-corrected chi connectivity index (χ4v) is 3.74. The molecule has 2 aromatic heterocycles. The van der Waals surface area contributed by atoms with Crippen LogP contribution in [0.2, 0.25) is 0 Å². The fourth-order valence-electron chi connectivity index (χ4n) is 3.74. The third kappa shape index (κ3) is 3.44.